The zero-order valence-corrected chi connectivity index (χ0v) is 11.2. The smallest absolute Gasteiger partial charge is 0.410 e. The van der Waals surface area contributed by atoms with E-state index in [1.54, 1.807) is 27.7 Å². The average molecular weight is 257 g/mol. The first-order chi connectivity index (χ1) is 8.24. The Morgan fingerprint density at radius 2 is 2.00 bits per heavy atom. The van der Waals surface area contributed by atoms with E-state index in [2.05, 4.69) is 0 Å². The van der Waals surface area contributed by atoms with Gasteiger partial charge in [0.1, 0.15) is 11.6 Å². The van der Waals surface area contributed by atoms with Crippen molar-refractivity contribution in [1.82, 2.24) is 4.90 Å². The van der Waals surface area contributed by atoms with Crippen molar-refractivity contribution < 1.29 is 23.9 Å². The Kier molecular flexibility index (Phi) is 4.32. The van der Waals surface area contributed by atoms with Gasteiger partial charge in [0, 0.05) is 6.42 Å². The van der Waals surface area contributed by atoms with E-state index in [-0.39, 0.29) is 25.4 Å². The summed E-state index contributed by atoms with van der Waals surface area (Å²) < 4.78 is 10.00. The van der Waals surface area contributed by atoms with Gasteiger partial charge in [-0.15, -0.1) is 0 Å². The van der Waals surface area contributed by atoms with Crippen LogP contribution in [0.1, 0.15) is 34.1 Å². The number of esters is 1. The standard InChI is InChI=1S/C12H19NO5/c1-5-17-11(16)13-7-8(14)6-9(13)10(15)18-12(2,3)4/h9H,5-7H2,1-4H3. The molecule has 18 heavy (non-hydrogen) atoms. The van der Waals surface area contributed by atoms with Gasteiger partial charge in [-0.25, -0.2) is 9.59 Å². The number of ether oxygens (including phenoxy) is 2. The maximum atomic E-state index is 11.9. The third-order valence-corrected chi connectivity index (χ3v) is 2.33. The highest BCUT2D eigenvalue weighted by molar-refractivity contribution is 5.95. The van der Waals surface area contributed by atoms with Crippen LogP contribution in [-0.2, 0) is 19.1 Å². The predicted molar refractivity (Wildman–Crippen MR) is 63.0 cm³/mol. The van der Waals surface area contributed by atoms with Gasteiger partial charge >= 0.3 is 12.1 Å². The fraction of sp³-hybridized carbons (Fsp3) is 0.750. The Morgan fingerprint density at radius 3 is 2.50 bits per heavy atom. The molecule has 0 saturated carbocycles. The molecule has 1 unspecified atom stereocenters. The molecule has 1 aliphatic rings. The molecule has 1 rings (SSSR count). The van der Waals surface area contributed by atoms with Crippen LogP contribution in [0, 0.1) is 0 Å². The molecule has 0 spiro atoms. The first-order valence-corrected chi connectivity index (χ1v) is 5.92. The number of hydrogen-bond acceptors (Lipinski definition) is 5. The molecule has 0 radical (unpaired) electrons. The maximum absolute atomic E-state index is 11.9. The highest BCUT2D eigenvalue weighted by Gasteiger charge is 2.41. The van der Waals surface area contributed by atoms with Crippen molar-refractivity contribution >= 4 is 17.8 Å². The van der Waals surface area contributed by atoms with Crippen molar-refractivity contribution in [2.45, 2.75) is 45.8 Å². The van der Waals surface area contributed by atoms with Gasteiger partial charge in [-0.2, -0.15) is 0 Å². The van der Waals surface area contributed by atoms with Gasteiger partial charge in [0.2, 0.25) is 0 Å². The van der Waals surface area contributed by atoms with Crippen LogP contribution in [0.15, 0.2) is 0 Å². The summed E-state index contributed by atoms with van der Waals surface area (Å²) in [5, 5.41) is 0. The molecule has 0 N–H and O–H groups in total. The molecule has 0 aromatic heterocycles. The summed E-state index contributed by atoms with van der Waals surface area (Å²) in [4.78, 5) is 36.0. The van der Waals surface area contributed by atoms with Crippen LogP contribution in [0.25, 0.3) is 0 Å². The first kappa shape index (κ1) is 14.5. The number of Topliss-reactive ketones (excluding diaryl/α,β-unsaturated/α-hetero) is 1. The Morgan fingerprint density at radius 1 is 1.39 bits per heavy atom. The molecule has 102 valence electrons. The second-order valence-corrected chi connectivity index (χ2v) is 5.12. The van der Waals surface area contributed by atoms with E-state index in [9.17, 15) is 14.4 Å². The summed E-state index contributed by atoms with van der Waals surface area (Å²) in [6.07, 6.45) is -0.660. The van der Waals surface area contributed by atoms with Crippen molar-refractivity contribution in [2.24, 2.45) is 0 Å². The average Bonchev–Trinajstić information content (AvgIpc) is 2.58. The van der Waals surface area contributed by atoms with Crippen LogP contribution in [0.4, 0.5) is 4.79 Å². The Labute approximate surface area is 106 Å². The van der Waals surface area contributed by atoms with Crippen molar-refractivity contribution in [1.29, 1.82) is 0 Å². The molecule has 0 aromatic carbocycles. The normalized spacial score (nSPS) is 19.9. The number of nitrogens with zero attached hydrogens (tertiary/aromatic N) is 1. The fourth-order valence-corrected chi connectivity index (χ4v) is 1.67. The summed E-state index contributed by atoms with van der Waals surface area (Å²) in [6, 6.07) is -0.865. The van der Waals surface area contributed by atoms with E-state index in [1.807, 2.05) is 0 Å². The topological polar surface area (TPSA) is 72.9 Å². The minimum atomic E-state index is -0.865. The Balaban J connectivity index is 2.75. The third-order valence-electron chi connectivity index (χ3n) is 2.33. The molecule has 0 aromatic rings. The molecule has 1 heterocycles. The summed E-state index contributed by atoms with van der Waals surface area (Å²) in [5.74, 6) is -0.736. The highest BCUT2D eigenvalue weighted by atomic mass is 16.6. The molecule has 0 aliphatic carbocycles. The molecule has 1 saturated heterocycles. The summed E-state index contributed by atoms with van der Waals surface area (Å²) in [6.45, 7) is 6.97. The number of hydrogen-bond donors (Lipinski definition) is 0. The van der Waals surface area contributed by atoms with Crippen LogP contribution < -0.4 is 0 Å². The molecule has 6 heteroatoms. The molecule has 0 bridgehead atoms. The number of amides is 1. The Hall–Kier alpha value is -1.59. The largest absolute Gasteiger partial charge is 0.458 e. The minimum Gasteiger partial charge on any atom is -0.458 e. The van der Waals surface area contributed by atoms with E-state index < -0.39 is 23.7 Å². The fourth-order valence-electron chi connectivity index (χ4n) is 1.67. The summed E-state index contributed by atoms with van der Waals surface area (Å²) in [5.41, 5.74) is -0.650. The maximum Gasteiger partial charge on any atom is 0.410 e. The van der Waals surface area contributed by atoms with Gasteiger partial charge in [-0.05, 0) is 27.7 Å². The second kappa shape index (κ2) is 5.37. The molecular weight excluding hydrogens is 238 g/mol. The lowest BCUT2D eigenvalue weighted by Gasteiger charge is -2.26. The van der Waals surface area contributed by atoms with Crippen LogP contribution >= 0.6 is 0 Å². The molecule has 6 nitrogen and oxygen atoms in total. The summed E-state index contributed by atoms with van der Waals surface area (Å²) in [7, 11) is 0. The van der Waals surface area contributed by atoms with Gasteiger partial charge in [-0.1, -0.05) is 0 Å². The number of rotatable bonds is 2. The highest BCUT2D eigenvalue weighted by Crippen LogP contribution is 2.20. The van der Waals surface area contributed by atoms with E-state index in [0.717, 1.165) is 4.90 Å². The molecule has 1 atom stereocenters. The van der Waals surface area contributed by atoms with E-state index >= 15 is 0 Å². The van der Waals surface area contributed by atoms with Crippen LogP contribution in [-0.4, -0.2) is 47.5 Å². The quantitative estimate of drug-likeness (QED) is 0.693. The lowest BCUT2D eigenvalue weighted by Crippen LogP contribution is -2.43. The van der Waals surface area contributed by atoms with Gasteiger partial charge in [-0.3, -0.25) is 9.69 Å². The number of likely N-dealkylation sites (tertiary alicyclic amines) is 1. The van der Waals surface area contributed by atoms with Crippen LogP contribution in [0.2, 0.25) is 0 Å². The second-order valence-electron chi connectivity index (χ2n) is 5.12. The zero-order chi connectivity index (χ0) is 13.9. The van der Waals surface area contributed by atoms with Crippen LogP contribution in [0.5, 0.6) is 0 Å². The molecule has 1 fully saturated rings. The first-order valence-electron chi connectivity index (χ1n) is 5.92. The number of ketones is 1. The molecule has 1 aliphatic heterocycles. The monoisotopic (exact) mass is 257 g/mol. The van der Waals surface area contributed by atoms with Crippen molar-refractivity contribution in [2.75, 3.05) is 13.2 Å². The molecular formula is C12H19NO5. The van der Waals surface area contributed by atoms with Crippen molar-refractivity contribution in [3.05, 3.63) is 0 Å². The van der Waals surface area contributed by atoms with Crippen molar-refractivity contribution in [3.63, 3.8) is 0 Å². The van der Waals surface area contributed by atoms with Crippen LogP contribution in [0.3, 0.4) is 0 Å². The predicted octanol–water partition coefficient (Wildman–Crippen LogP) is 1.13. The molecule has 1 amide bonds. The van der Waals surface area contributed by atoms with Crippen molar-refractivity contribution in [3.8, 4) is 0 Å². The van der Waals surface area contributed by atoms with Gasteiger partial charge in [0.05, 0.1) is 13.2 Å². The SMILES string of the molecule is CCOC(=O)N1CC(=O)CC1C(=O)OC(C)(C)C. The minimum absolute atomic E-state index is 0.00622. The van der Waals surface area contributed by atoms with E-state index in [1.165, 1.54) is 0 Å². The van der Waals surface area contributed by atoms with E-state index in [4.69, 9.17) is 9.47 Å². The zero-order valence-electron chi connectivity index (χ0n) is 11.2. The number of carbonyl (C=O) groups is 3. The summed E-state index contributed by atoms with van der Waals surface area (Å²) >= 11 is 0. The number of carbonyl (C=O) groups excluding carboxylic acids is 3. The lowest BCUT2D eigenvalue weighted by atomic mass is 10.1. The van der Waals surface area contributed by atoms with Gasteiger partial charge in [0.25, 0.3) is 0 Å². The lowest BCUT2D eigenvalue weighted by molar-refractivity contribution is -0.159. The third kappa shape index (κ3) is 3.72. The van der Waals surface area contributed by atoms with Gasteiger partial charge < -0.3 is 9.47 Å². The Bertz CT molecular complexity index is 358. The van der Waals surface area contributed by atoms with Gasteiger partial charge in [0.15, 0.2) is 5.78 Å². The van der Waals surface area contributed by atoms with E-state index in [0.29, 0.717) is 0 Å².